The maximum absolute atomic E-state index is 2.51. The second-order valence-corrected chi connectivity index (χ2v) is 20.1. The maximum Gasteiger partial charge on any atom is 0.139 e. The molecule has 3 nitrogen and oxygen atoms in total. The average Bonchev–Trinajstić information content (AvgIpc) is 4.13. The Kier molecular flexibility index (Phi) is 8.79. The van der Waals surface area contributed by atoms with Crippen LogP contribution < -0.4 is 27.3 Å². The van der Waals surface area contributed by atoms with Crippen LogP contribution in [-0.2, 0) is 0 Å². The van der Waals surface area contributed by atoms with Gasteiger partial charge in [0.25, 0.3) is 0 Å². The van der Waals surface area contributed by atoms with Gasteiger partial charge < -0.3 is 13.7 Å². The van der Waals surface area contributed by atoms with E-state index in [1.165, 1.54) is 141 Å². The fraction of sp³-hybridized carbons (Fsp3) is 0. The van der Waals surface area contributed by atoms with E-state index < -0.39 is 0 Å². The molecule has 0 aliphatic rings. The number of nitrogens with zero attached hydrogens (tertiary/aromatic N) is 3. The Labute approximate surface area is 408 Å². The summed E-state index contributed by atoms with van der Waals surface area (Å²) in [7, 11) is 11.4. The number of hydrogen-bond acceptors (Lipinski definition) is 1. The molecule has 0 saturated heterocycles. The van der Waals surface area contributed by atoms with Crippen LogP contribution >= 0.6 is 11.3 Å². The lowest BCUT2D eigenvalue weighted by Gasteiger charge is -2.21. The van der Waals surface area contributed by atoms with Gasteiger partial charge in [-0.3, -0.25) is 0 Å². The van der Waals surface area contributed by atoms with Gasteiger partial charge in [-0.2, -0.15) is 0 Å². The number of thiophene rings is 1. The van der Waals surface area contributed by atoms with Crippen molar-refractivity contribution in [1.82, 2.24) is 13.7 Å². The van der Waals surface area contributed by atoms with Gasteiger partial charge in [-0.1, -0.05) is 114 Å². The minimum absolute atomic E-state index is 1.15. The SMILES string of the molecule is Bc1c(B)c(B)c(-c2cccc(-c3ccc4sc5cccc(-n6c7ccccc7c7cc(-n8c9ccccc9c9cc(-n%10c%11ccccc%11c%11ccccc%11%10)ccc98)ccc76)c5c4c3)c2)c(B)c1B. The quantitative estimate of drug-likeness (QED) is 0.156. The van der Waals surface area contributed by atoms with E-state index >= 15 is 0 Å². The zero-order valence-corrected chi connectivity index (χ0v) is 40.0. The van der Waals surface area contributed by atoms with Crippen molar-refractivity contribution >= 4 is 163 Å². The first kappa shape index (κ1) is 40.2. The van der Waals surface area contributed by atoms with Crippen LogP contribution in [0.4, 0.5) is 0 Å². The molecule has 0 amide bonds. The Balaban J connectivity index is 0.932. The first-order valence-corrected chi connectivity index (χ1v) is 24.8. The second kappa shape index (κ2) is 15.1. The molecule has 9 heteroatoms. The van der Waals surface area contributed by atoms with Crippen LogP contribution in [0.1, 0.15) is 0 Å². The number of hydrogen-bond donors (Lipinski definition) is 0. The van der Waals surface area contributed by atoms with Crippen molar-refractivity contribution in [3.05, 3.63) is 194 Å². The van der Waals surface area contributed by atoms with E-state index in [-0.39, 0.29) is 0 Å². The summed E-state index contributed by atoms with van der Waals surface area (Å²) in [5.41, 5.74) is 22.7. The van der Waals surface area contributed by atoms with Crippen LogP contribution in [0, 0.1) is 0 Å². The lowest BCUT2D eigenvalue weighted by atomic mass is 9.59. The number of para-hydroxylation sites is 4. The van der Waals surface area contributed by atoms with Gasteiger partial charge in [-0.05, 0) is 113 Å². The van der Waals surface area contributed by atoms with Gasteiger partial charge in [0.2, 0.25) is 0 Å². The fourth-order valence-electron chi connectivity index (χ4n) is 11.9. The van der Waals surface area contributed by atoms with Gasteiger partial charge in [-0.15, -0.1) is 27.7 Å². The third kappa shape index (κ3) is 5.81. The molecule has 69 heavy (non-hydrogen) atoms. The normalized spacial score (nSPS) is 12.1. The van der Waals surface area contributed by atoms with E-state index in [9.17, 15) is 0 Å². The van der Waals surface area contributed by atoms with E-state index in [0.717, 1.165) is 11.4 Å². The summed E-state index contributed by atoms with van der Waals surface area (Å²) in [6.07, 6.45) is 0. The highest BCUT2D eigenvalue weighted by Gasteiger charge is 2.21. The highest BCUT2D eigenvalue weighted by atomic mass is 32.1. The maximum atomic E-state index is 2.51. The van der Waals surface area contributed by atoms with Crippen LogP contribution in [-0.4, -0.2) is 52.9 Å². The summed E-state index contributed by atoms with van der Waals surface area (Å²) in [6, 6.07) is 72.5. The molecule has 0 atom stereocenters. The summed E-state index contributed by atoms with van der Waals surface area (Å²) < 4.78 is 9.97. The van der Waals surface area contributed by atoms with Gasteiger partial charge >= 0.3 is 0 Å². The summed E-state index contributed by atoms with van der Waals surface area (Å²) in [6.45, 7) is 0. The standard InChI is InChI=1S/C60H42B5N3S/c61-56-54(57(62)59(64)60(65)58(56)63)35-12-9-11-33(29-35)34-23-28-52-44(30-34)55-51(21-10-22-53(55)69-52)68-48-20-8-4-16-41(48)43-32-37(25-27-50(43)68)67-47-19-7-3-15-40(47)42-31-36(24-26-49(42)67)66-45-17-5-1-13-38(45)39-14-2-6-18-46(39)66/h1-32H,61-65H2. The van der Waals surface area contributed by atoms with E-state index in [2.05, 4.69) is 247 Å². The Morgan fingerprint density at radius 3 is 1.32 bits per heavy atom. The second-order valence-electron chi connectivity index (χ2n) is 19.0. The third-order valence-corrected chi connectivity index (χ3v) is 16.7. The van der Waals surface area contributed by atoms with Gasteiger partial charge in [0.1, 0.15) is 39.2 Å². The molecule has 0 saturated carbocycles. The molecule has 14 rings (SSSR count). The molecule has 0 fully saturated rings. The summed E-state index contributed by atoms with van der Waals surface area (Å²) in [4.78, 5) is 0. The van der Waals surface area contributed by atoms with Crippen LogP contribution in [0.15, 0.2) is 194 Å². The molecule has 0 aliphatic heterocycles. The predicted octanol–water partition coefficient (Wildman–Crippen LogP) is 7.97. The van der Waals surface area contributed by atoms with E-state index in [1.807, 2.05) is 11.3 Å². The first-order chi connectivity index (χ1) is 33.8. The molecule has 14 aromatic rings. The van der Waals surface area contributed by atoms with Crippen molar-refractivity contribution in [2.24, 2.45) is 0 Å². The molecule has 0 radical (unpaired) electrons. The number of fused-ring (bicyclic) bond motifs is 12. The zero-order valence-electron chi connectivity index (χ0n) is 39.2. The Morgan fingerprint density at radius 2 is 0.739 bits per heavy atom. The minimum atomic E-state index is 1.15. The molecule has 0 bridgehead atoms. The van der Waals surface area contributed by atoms with Crippen molar-refractivity contribution in [3.63, 3.8) is 0 Å². The van der Waals surface area contributed by atoms with Gasteiger partial charge in [0.15, 0.2) is 0 Å². The summed E-state index contributed by atoms with van der Waals surface area (Å²) in [5, 5.41) is 10.1. The van der Waals surface area contributed by atoms with Crippen LogP contribution in [0.5, 0.6) is 0 Å². The van der Waals surface area contributed by atoms with Crippen molar-refractivity contribution in [2.75, 3.05) is 0 Å². The lowest BCUT2D eigenvalue weighted by Crippen LogP contribution is -2.55. The van der Waals surface area contributed by atoms with Gasteiger partial charge in [-0.25, -0.2) is 0 Å². The highest BCUT2D eigenvalue weighted by molar-refractivity contribution is 7.25. The molecular formula is C60H42B5N3S. The zero-order chi connectivity index (χ0) is 46.2. The van der Waals surface area contributed by atoms with Crippen LogP contribution in [0.3, 0.4) is 0 Å². The van der Waals surface area contributed by atoms with Crippen molar-refractivity contribution in [1.29, 1.82) is 0 Å². The molecule has 4 aromatic heterocycles. The molecule has 318 valence electrons. The van der Waals surface area contributed by atoms with E-state index in [0.29, 0.717) is 0 Å². The average molecular weight is 891 g/mol. The number of aromatic nitrogens is 3. The predicted molar refractivity (Wildman–Crippen MR) is 314 cm³/mol. The van der Waals surface area contributed by atoms with Crippen molar-refractivity contribution in [3.8, 4) is 39.3 Å². The third-order valence-electron chi connectivity index (χ3n) is 15.6. The molecule has 4 heterocycles. The molecule has 0 aliphatic carbocycles. The molecular weight excluding hydrogens is 849 g/mol. The summed E-state index contributed by atoms with van der Waals surface area (Å²) >= 11 is 1.88. The van der Waals surface area contributed by atoms with E-state index in [1.54, 1.807) is 0 Å². The monoisotopic (exact) mass is 891 g/mol. The Morgan fingerprint density at radius 1 is 0.290 bits per heavy atom. The molecule has 0 N–H and O–H groups in total. The number of benzene rings is 10. The lowest BCUT2D eigenvalue weighted by molar-refractivity contribution is 1.16. The number of rotatable bonds is 5. The highest BCUT2D eigenvalue weighted by Crippen LogP contribution is 2.44. The molecule has 0 unspecified atom stereocenters. The van der Waals surface area contributed by atoms with E-state index in [4.69, 9.17) is 0 Å². The smallest absolute Gasteiger partial charge is 0.139 e. The van der Waals surface area contributed by atoms with Crippen LogP contribution in [0.2, 0.25) is 0 Å². The molecule has 10 aromatic carbocycles. The minimum Gasteiger partial charge on any atom is -0.309 e. The summed E-state index contributed by atoms with van der Waals surface area (Å²) in [5.74, 6) is 0. The topological polar surface area (TPSA) is 14.8 Å². The Bertz CT molecular complexity index is 4430. The van der Waals surface area contributed by atoms with Gasteiger partial charge in [0, 0.05) is 63.9 Å². The van der Waals surface area contributed by atoms with Gasteiger partial charge in [0.05, 0.1) is 38.8 Å². The Hall–Kier alpha value is -7.86. The van der Waals surface area contributed by atoms with Crippen LogP contribution in [0.25, 0.3) is 125 Å². The van der Waals surface area contributed by atoms with Crippen molar-refractivity contribution < 1.29 is 0 Å². The van der Waals surface area contributed by atoms with Crippen molar-refractivity contribution in [2.45, 2.75) is 0 Å². The molecule has 0 spiro atoms. The fourth-order valence-corrected chi connectivity index (χ4v) is 13.0. The largest absolute Gasteiger partial charge is 0.309 e. The first-order valence-electron chi connectivity index (χ1n) is 24.0.